The summed E-state index contributed by atoms with van der Waals surface area (Å²) in [4.78, 5) is 0. The van der Waals surface area contributed by atoms with Gasteiger partial charge in [0.15, 0.2) is 0 Å². The summed E-state index contributed by atoms with van der Waals surface area (Å²) < 4.78 is 4.91. The van der Waals surface area contributed by atoms with Crippen LogP contribution in [0, 0.1) is 6.92 Å². The largest absolute Gasteiger partial charge is 0.309 e. The molecule has 0 radical (unpaired) electrons. The lowest BCUT2D eigenvalue weighted by Crippen LogP contribution is -2.14. The van der Waals surface area contributed by atoms with Crippen LogP contribution < -0.4 is 0 Å². The van der Waals surface area contributed by atoms with E-state index < -0.39 is 0 Å². The molecule has 0 spiro atoms. The van der Waals surface area contributed by atoms with Gasteiger partial charge in [-0.1, -0.05) is 165 Å². The Hall–Kier alpha value is -7.68. The zero-order valence-electron chi connectivity index (χ0n) is 34.9. The van der Waals surface area contributed by atoms with Gasteiger partial charge in [-0.25, -0.2) is 0 Å². The maximum absolute atomic E-state index is 2.50. The molecule has 13 rings (SSSR count). The Morgan fingerprint density at radius 1 is 0.323 bits per heavy atom. The van der Waals surface area contributed by atoms with Gasteiger partial charge < -0.3 is 9.13 Å². The molecule has 0 saturated heterocycles. The molecule has 1 aliphatic rings. The smallest absolute Gasteiger partial charge is 0.0541 e. The number of rotatable bonds is 4. The minimum atomic E-state index is -0.132. The quantitative estimate of drug-likeness (QED) is 0.157. The highest BCUT2D eigenvalue weighted by Gasteiger charge is 2.35. The van der Waals surface area contributed by atoms with E-state index in [4.69, 9.17) is 0 Å². The van der Waals surface area contributed by atoms with Gasteiger partial charge in [-0.3, -0.25) is 0 Å². The van der Waals surface area contributed by atoms with Crippen molar-refractivity contribution in [1.29, 1.82) is 0 Å². The monoisotopic (exact) mass is 790 g/mol. The molecule has 292 valence electrons. The lowest BCUT2D eigenvalue weighted by Gasteiger charge is -2.23. The minimum Gasteiger partial charge on any atom is -0.309 e. The first-order valence-corrected chi connectivity index (χ1v) is 21.8. The van der Waals surface area contributed by atoms with Gasteiger partial charge in [0.05, 0.1) is 22.1 Å². The van der Waals surface area contributed by atoms with E-state index in [1.807, 2.05) is 0 Å². The number of aromatic nitrogens is 2. The van der Waals surface area contributed by atoms with Gasteiger partial charge in [0, 0.05) is 38.3 Å². The van der Waals surface area contributed by atoms with Crippen LogP contribution in [0.1, 0.15) is 30.5 Å². The van der Waals surface area contributed by atoms with E-state index in [9.17, 15) is 0 Å². The molecule has 10 aromatic carbocycles. The molecule has 2 nitrogen and oxygen atoms in total. The molecule has 0 saturated carbocycles. The fourth-order valence-corrected chi connectivity index (χ4v) is 11.2. The third kappa shape index (κ3) is 4.86. The van der Waals surface area contributed by atoms with Crippen molar-refractivity contribution in [2.45, 2.75) is 26.2 Å². The predicted molar refractivity (Wildman–Crippen MR) is 263 cm³/mol. The van der Waals surface area contributed by atoms with Crippen LogP contribution in [0.5, 0.6) is 0 Å². The zero-order valence-corrected chi connectivity index (χ0v) is 34.9. The van der Waals surface area contributed by atoms with Gasteiger partial charge in [-0.05, 0) is 128 Å². The van der Waals surface area contributed by atoms with Crippen LogP contribution in [-0.2, 0) is 5.41 Å². The van der Waals surface area contributed by atoms with Crippen molar-refractivity contribution >= 4 is 65.2 Å². The number of fused-ring (bicyclic) bond motifs is 11. The molecule has 0 unspecified atom stereocenters. The molecule has 0 fully saturated rings. The van der Waals surface area contributed by atoms with Crippen molar-refractivity contribution in [3.63, 3.8) is 0 Å². The molecule has 1 aliphatic carbocycles. The normalized spacial score (nSPS) is 13.2. The Morgan fingerprint density at radius 2 is 0.774 bits per heavy atom. The number of benzene rings is 10. The number of hydrogen-bond acceptors (Lipinski definition) is 0. The maximum atomic E-state index is 2.50. The van der Waals surface area contributed by atoms with Gasteiger partial charge in [0.1, 0.15) is 0 Å². The minimum absolute atomic E-state index is 0.132. The molecule has 0 N–H and O–H groups in total. The molecule has 2 aromatic heterocycles. The van der Waals surface area contributed by atoms with Gasteiger partial charge in [-0.15, -0.1) is 0 Å². The highest BCUT2D eigenvalue weighted by Crippen LogP contribution is 2.52. The number of nitrogens with zero attached hydrogens (tertiary/aromatic N) is 2. The molecule has 0 bridgehead atoms. The average molecular weight is 791 g/mol. The molecular weight excluding hydrogens is 749 g/mol. The van der Waals surface area contributed by atoms with Crippen molar-refractivity contribution < 1.29 is 0 Å². The third-order valence-electron chi connectivity index (χ3n) is 13.9. The van der Waals surface area contributed by atoms with E-state index in [0.717, 1.165) is 11.4 Å². The zero-order chi connectivity index (χ0) is 41.3. The predicted octanol–water partition coefficient (Wildman–Crippen LogP) is 16.1. The second-order valence-electron chi connectivity index (χ2n) is 17.7. The highest BCUT2D eigenvalue weighted by molar-refractivity contribution is 6.23. The topological polar surface area (TPSA) is 9.86 Å². The lowest BCUT2D eigenvalue weighted by atomic mass is 9.80. The van der Waals surface area contributed by atoms with Crippen molar-refractivity contribution in [3.8, 4) is 44.8 Å². The van der Waals surface area contributed by atoms with E-state index in [-0.39, 0.29) is 5.41 Å². The second-order valence-corrected chi connectivity index (χ2v) is 17.7. The van der Waals surface area contributed by atoms with Gasteiger partial charge in [0.25, 0.3) is 0 Å². The molecule has 0 atom stereocenters. The Morgan fingerprint density at radius 3 is 1.29 bits per heavy atom. The first-order chi connectivity index (χ1) is 30.4. The Kier molecular flexibility index (Phi) is 7.31. The van der Waals surface area contributed by atoms with Crippen LogP contribution in [0.2, 0.25) is 0 Å². The average Bonchev–Trinajstić information content (AvgIpc) is 3.91. The summed E-state index contributed by atoms with van der Waals surface area (Å²) in [5, 5.41) is 10.0. The molecule has 2 heteroatoms. The van der Waals surface area contributed by atoms with E-state index in [1.165, 1.54) is 115 Å². The van der Waals surface area contributed by atoms with Crippen LogP contribution in [0.3, 0.4) is 0 Å². The first kappa shape index (κ1) is 35.1. The second kappa shape index (κ2) is 12.9. The number of para-hydroxylation sites is 4. The molecule has 0 amide bonds. The summed E-state index contributed by atoms with van der Waals surface area (Å²) in [6.45, 7) is 6.98. The SMILES string of the molecule is Cc1cccc(-c2c3ccc(-n4c5ccccc5c5ccccc54)cc3c(-c3ccc4c(c3)C(C)(C)c3ccccc3-4)c3ccc(-n4c5ccccc5c5ccccc54)cc23)c1. The molecule has 2 heterocycles. The Balaban J connectivity index is 1.18. The maximum Gasteiger partial charge on any atom is 0.0541 e. The van der Waals surface area contributed by atoms with Gasteiger partial charge in [-0.2, -0.15) is 0 Å². The molecule has 62 heavy (non-hydrogen) atoms. The van der Waals surface area contributed by atoms with Crippen molar-refractivity contribution in [2.24, 2.45) is 0 Å². The summed E-state index contributed by atoms with van der Waals surface area (Å²) in [5.74, 6) is 0. The van der Waals surface area contributed by atoms with Crippen LogP contribution in [0.15, 0.2) is 200 Å². The summed E-state index contributed by atoms with van der Waals surface area (Å²) in [5.41, 5.74) is 18.7. The summed E-state index contributed by atoms with van der Waals surface area (Å²) in [6.07, 6.45) is 0. The van der Waals surface area contributed by atoms with E-state index >= 15 is 0 Å². The van der Waals surface area contributed by atoms with Gasteiger partial charge >= 0.3 is 0 Å². The number of hydrogen-bond donors (Lipinski definition) is 0. The van der Waals surface area contributed by atoms with E-state index in [1.54, 1.807) is 0 Å². The fraction of sp³-hybridized carbons (Fsp3) is 0.0667. The number of aryl methyl sites for hydroxylation is 1. The Bertz CT molecular complexity index is 3750. The van der Waals surface area contributed by atoms with E-state index in [0.29, 0.717) is 0 Å². The standard InChI is InChI=1S/C60H42N2/c1-37-15-14-16-38(33-37)58-48-31-28-41(62-56-25-12-7-20-46(56)47-21-8-13-26-57(47)62)36-51(48)59(39-27-30-43-42-17-4-9-22-52(42)60(2,3)53(43)34-39)49-32-29-40(35-50(49)58)61-54-23-10-5-18-44(54)45-19-6-11-24-55(45)61/h4-36H,1-3H3. The fourth-order valence-electron chi connectivity index (χ4n) is 11.2. The highest BCUT2D eigenvalue weighted by atomic mass is 15.0. The Labute approximate surface area is 360 Å². The third-order valence-corrected chi connectivity index (χ3v) is 13.9. The molecular formula is C60H42N2. The molecule has 0 aliphatic heterocycles. The lowest BCUT2D eigenvalue weighted by molar-refractivity contribution is 0.660. The van der Waals surface area contributed by atoms with Crippen LogP contribution in [-0.4, -0.2) is 9.13 Å². The van der Waals surface area contributed by atoms with Gasteiger partial charge in [0.2, 0.25) is 0 Å². The van der Waals surface area contributed by atoms with Crippen molar-refractivity contribution in [1.82, 2.24) is 9.13 Å². The van der Waals surface area contributed by atoms with Crippen LogP contribution in [0.25, 0.3) is 110 Å². The van der Waals surface area contributed by atoms with Crippen LogP contribution in [0.4, 0.5) is 0 Å². The summed E-state index contributed by atoms with van der Waals surface area (Å²) in [6, 6.07) is 75.0. The summed E-state index contributed by atoms with van der Waals surface area (Å²) in [7, 11) is 0. The van der Waals surface area contributed by atoms with Crippen molar-refractivity contribution in [2.75, 3.05) is 0 Å². The molecule has 12 aromatic rings. The summed E-state index contributed by atoms with van der Waals surface area (Å²) >= 11 is 0. The van der Waals surface area contributed by atoms with E-state index in [2.05, 4.69) is 230 Å². The van der Waals surface area contributed by atoms with Crippen molar-refractivity contribution in [3.05, 3.63) is 217 Å². The first-order valence-electron chi connectivity index (χ1n) is 21.8. The van der Waals surface area contributed by atoms with Crippen LogP contribution >= 0.6 is 0 Å².